The molecule has 0 bridgehead atoms. The highest BCUT2D eigenvalue weighted by atomic mass is 32.1. The van der Waals surface area contributed by atoms with Crippen LogP contribution in [0.15, 0.2) is 54.9 Å². The number of nitrogens with zero attached hydrogens (tertiary/aromatic N) is 2. The molecular weight excluding hydrogens is 320 g/mol. The van der Waals surface area contributed by atoms with Gasteiger partial charge in [-0.05, 0) is 42.5 Å². The van der Waals surface area contributed by atoms with E-state index in [0.29, 0.717) is 22.1 Å². The van der Waals surface area contributed by atoms with E-state index in [2.05, 4.69) is 21.7 Å². The van der Waals surface area contributed by atoms with Crippen molar-refractivity contribution in [3.63, 3.8) is 0 Å². The molecule has 0 saturated heterocycles. The monoisotopic (exact) mass is 334 g/mol. The van der Waals surface area contributed by atoms with Crippen molar-refractivity contribution in [1.29, 1.82) is 5.26 Å². The number of nitrogens with one attached hydrogen (secondary N) is 2. The first-order valence-electron chi connectivity index (χ1n) is 7.20. The van der Waals surface area contributed by atoms with Crippen LogP contribution in [-0.4, -0.2) is 17.2 Å². The first-order valence-corrected chi connectivity index (χ1v) is 7.61. The molecule has 0 radical (unpaired) electrons. The Hall–Kier alpha value is -3.17. The zero-order chi connectivity index (χ0) is 16.9. The Morgan fingerprint density at radius 3 is 2.79 bits per heavy atom. The number of methoxy groups -OCH3 is 1. The fourth-order valence-corrected chi connectivity index (χ4v) is 2.60. The minimum absolute atomic E-state index is 0.410. The number of rotatable bonds is 3. The van der Waals surface area contributed by atoms with Crippen LogP contribution in [0.2, 0.25) is 0 Å². The van der Waals surface area contributed by atoms with E-state index < -0.39 is 0 Å². The first-order chi connectivity index (χ1) is 11.7. The van der Waals surface area contributed by atoms with E-state index in [1.165, 1.54) is 0 Å². The van der Waals surface area contributed by atoms with Gasteiger partial charge in [0.1, 0.15) is 5.75 Å². The van der Waals surface area contributed by atoms with Gasteiger partial charge in [0.05, 0.1) is 24.4 Å². The number of anilines is 2. The molecule has 5 nitrogen and oxygen atoms in total. The van der Waals surface area contributed by atoms with Crippen LogP contribution in [0, 0.1) is 11.3 Å². The Morgan fingerprint density at radius 2 is 2.00 bits per heavy atom. The van der Waals surface area contributed by atoms with Crippen LogP contribution in [0.4, 0.5) is 11.4 Å². The summed E-state index contributed by atoms with van der Waals surface area (Å²) in [6.07, 6.45) is 3.54. The van der Waals surface area contributed by atoms with Crippen LogP contribution in [0.1, 0.15) is 5.56 Å². The van der Waals surface area contributed by atoms with Crippen molar-refractivity contribution in [2.24, 2.45) is 0 Å². The van der Waals surface area contributed by atoms with Gasteiger partial charge >= 0.3 is 0 Å². The molecule has 0 fully saturated rings. The van der Waals surface area contributed by atoms with E-state index in [9.17, 15) is 0 Å². The van der Waals surface area contributed by atoms with Gasteiger partial charge in [0.25, 0.3) is 0 Å². The standard InChI is InChI=1S/C18H14N4OS/c1-23-17-6-5-12(10-19)9-16(17)22-18(24)21-15-4-2-3-13-11-20-8-7-14(13)15/h2-9,11H,1H3,(H2,21,22,24). The Kier molecular flexibility index (Phi) is 4.54. The van der Waals surface area contributed by atoms with Crippen molar-refractivity contribution in [2.75, 3.05) is 17.7 Å². The molecule has 2 N–H and O–H groups in total. The Labute approximate surface area is 144 Å². The zero-order valence-corrected chi connectivity index (χ0v) is 13.7. The highest BCUT2D eigenvalue weighted by Crippen LogP contribution is 2.26. The number of ether oxygens (including phenoxy) is 1. The molecule has 0 aliphatic rings. The van der Waals surface area contributed by atoms with Gasteiger partial charge in [-0.25, -0.2) is 0 Å². The van der Waals surface area contributed by atoms with Gasteiger partial charge in [-0.2, -0.15) is 5.26 Å². The average molecular weight is 334 g/mol. The molecule has 3 rings (SSSR count). The Balaban J connectivity index is 1.85. The highest BCUT2D eigenvalue weighted by molar-refractivity contribution is 7.80. The molecule has 0 unspecified atom stereocenters. The van der Waals surface area contributed by atoms with Gasteiger partial charge < -0.3 is 15.4 Å². The smallest absolute Gasteiger partial charge is 0.175 e. The summed E-state index contributed by atoms with van der Waals surface area (Å²) < 4.78 is 5.30. The second-order valence-corrected chi connectivity index (χ2v) is 5.42. The first kappa shape index (κ1) is 15.7. The van der Waals surface area contributed by atoms with E-state index >= 15 is 0 Å². The summed E-state index contributed by atoms with van der Waals surface area (Å²) in [4.78, 5) is 4.12. The lowest BCUT2D eigenvalue weighted by Crippen LogP contribution is -2.19. The number of pyridine rings is 1. The Bertz CT molecular complexity index is 944. The van der Waals surface area contributed by atoms with Crippen molar-refractivity contribution in [1.82, 2.24) is 4.98 Å². The van der Waals surface area contributed by atoms with E-state index in [1.807, 2.05) is 24.3 Å². The molecular formula is C18H14N4OS. The van der Waals surface area contributed by atoms with Crippen LogP contribution in [0.5, 0.6) is 5.75 Å². The third-order valence-corrected chi connectivity index (χ3v) is 3.71. The van der Waals surface area contributed by atoms with Gasteiger partial charge in [-0.3, -0.25) is 4.98 Å². The second kappa shape index (κ2) is 6.94. The molecule has 0 aliphatic carbocycles. The average Bonchev–Trinajstić information content (AvgIpc) is 2.62. The van der Waals surface area contributed by atoms with Crippen molar-refractivity contribution in [3.05, 3.63) is 60.4 Å². The second-order valence-electron chi connectivity index (χ2n) is 5.01. The molecule has 0 amide bonds. The van der Waals surface area contributed by atoms with Crippen molar-refractivity contribution >= 4 is 39.5 Å². The van der Waals surface area contributed by atoms with Gasteiger partial charge in [-0.1, -0.05) is 12.1 Å². The third-order valence-electron chi connectivity index (χ3n) is 3.51. The maximum Gasteiger partial charge on any atom is 0.175 e. The summed E-state index contributed by atoms with van der Waals surface area (Å²) in [5.41, 5.74) is 2.04. The maximum atomic E-state index is 9.04. The molecule has 0 saturated carbocycles. The number of fused-ring (bicyclic) bond motifs is 1. The molecule has 24 heavy (non-hydrogen) atoms. The van der Waals surface area contributed by atoms with Gasteiger partial charge in [0.2, 0.25) is 0 Å². The Morgan fingerprint density at radius 1 is 1.17 bits per heavy atom. The van der Waals surface area contributed by atoms with Crippen molar-refractivity contribution in [2.45, 2.75) is 0 Å². The van der Waals surface area contributed by atoms with Crippen molar-refractivity contribution < 1.29 is 4.74 Å². The number of benzene rings is 2. The topological polar surface area (TPSA) is 70.0 Å². The molecule has 1 aromatic heterocycles. The summed E-state index contributed by atoms with van der Waals surface area (Å²) in [7, 11) is 1.57. The summed E-state index contributed by atoms with van der Waals surface area (Å²) in [5.74, 6) is 0.611. The lowest BCUT2D eigenvalue weighted by molar-refractivity contribution is 0.417. The summed E-state index contributed by atoms with van der Waals surface area (Å²) in [5, 5.41) is 17.7. The molecule has 0 aliphatic heterocycles. The number of hydrogen-bond acceptors (Lipinski definition) is 4. The number of thiocarbonyl (C=S) groups is 1. The fraction of sp³-hybridized carbons (Fsp3) is 0.0556. The third kappa shape index (κ3) is 3.26. The van der Waals surface area contributed by atoms with Crippen LogP contribution in [0.3, 0.4) is 0 Å². The molecule has 3 aromatic rings. The summed E-state index contributed by atoms with van der Waals surface area (Å²) in [6, 6.07) is 15.0. The minimum atomic E-state index is 0.410. The van der Waals surface area contributed by atoms with Crippen LogP contribution < -0.4 is 15.4 Å². The molecule has 0 spiro atoms. The number of hydrogen-bond donors (Lipinski definition) is 2. The van der Waals surface area contributed by atoms with Gasteiger partial charge in [0.15, 0.2) is 5.11 Å². The maximum absolute atomic E-state index is 9.04. The van der Waals surface area contributed by atoms with E-state index in [1.54, 1.807) is 37.7 Å². The predicted octanol–water partition coefficient (Wildman–Crippen LogP) is 3.92. The highest BCUT2D eigenvalue weighted by Gasteiger charge is 2.08. The lowest BCUT2D eigenvalue weighted by Gasteiger charge is -2.14. The molecule has 1 heterocycles. The SMILES string of the molecule is COc1ccc(C#N)cc1NC(=S)Nc1cccc2cnccc12. The van der Waals surface area contributed by atoms with E-state index in [-0.39, 0.29) is 0 Å². The van der Waals surface area contributed by atoms with Gasteiger partial charge in [-0.15, -0.1) is 0 Å². The number of aromatic nitrogens is 1. The summed E-state index contributed by atoms with van der Waals surface area (Å²) in [6.45, 7) is 0. The molecule has 6 heteroatoms. The zero-order valence-electron chi connectivity index (χ0n) is 12.9. The van der Waals surface area contributed by atoms with Gasteiger partial charge in [0, 0.05) is 28.9 Å². The van der Waals surface area contributed by atoms with Crippen LogP contribution in [0.25, 0.3) is 10.8 Å². The number of nitriles is 1. The van der Waals surface area contributed by atoms with Crippen molar-refractivity contribution in [3.8, 4) is 11.8 Å². The molecule has 118 valence electrons. The van der Waals surface area contributed by atoms with Crippen LogP contribution in [-0.2, 0) is 0 Å². The quantitative estimate of drug-likeness (QED) is 0.707. The summed E-state index contributed by atoms with van der Waals surface area (Å²) >= 11 is 5.39. The normalized spacial score (nSPS) is 10.0. The van der Waals surface area contributed by atoms with Crippen LogP contribution >= 0.6 is 12.2 Å². The van der Waals surface area contributed by atoms with E-state index in [4.69, 9.17) is 22.2 Å². The largest absolute Gasteiger partial charge is 0.495 e. The fourth-order valence-electron chi connectivity index (χ4n) is 2.38. The predicted molar refractivity (Wildman–Crippen MR) is 99.3 cm³/mol. The molecule has 0 atom stereocenters. The lowest BCUT2D eigenvalue weighted by atomic mass is 10.1. The van der Waals surface area contributed by atoms with E-state index in [0.717, 1.165) is 16.5 Å². The minimum Gasteiger partial charge on any atom is -0.495 e. The molecule has 2 aromatic carbocycles.